The first kappa shape index (κ1) is 20.1. The van der Waals surface area contributed by atoms with Crippen LogP contribution in [0, 0.1) is 5.92 Å². The molecule has 1 N–H and O–H groups in total. The number of benzene rings is 2. The Morgan fingerprint density at radius 2 is 1.92 bits per heavy atom. The van der Waals surface area contributed by atoms with Gasteiger partial charge in [-0.2, -0.15) is 13.2 Å². The van der Waals surface area contributed by atoms with Gasteiger partial charge in [-0.15, -0.1) is 0 Å². The van der Waals surface area contributed by atoms with Gasteiger partial charge in [0.05, 0.1) is 22.9 Å². The van der Waals surface area contributed by atoms with Crippen molar-refractivity contribution in [1.82, 2.24) is 0 Å². The molecule has 0 aliphatic heterocycles. The topological polar surface area (TPSA) is 38.3 Å². The maximum atomic E-state index is 12.8. The Bertz CT molecular complexity index is 776. The van der Waals surface area contributed by atoms with E-state index >= 15 is 0 Å². The highest BCUT2D eigenvalue weighted by molar-refractivity contribution is 6.34. The van der Waals surface area contributed by atoms with E-state index in [2.05, 4.69) is 19.2 Å². The Labute approximate surface area is 155 Å². The third-order valence-corrected chi connectivity index (χ3v) is 3.93. The van der Waals surface area contributed by atoms with Gasteiger partial charge in [-0.3, -0.25) is 4.79 Å². The molecule has 0 heterocycles. The molecule has 0 unspecified atom stereocenters. The van der Waals surface area contributed by atoms with Gasteiger partial charge in [0.1, 0.15) is 5.75 Å². The van der Waals surface area contributed by atoms with Crippen molar-refractivity contribution in [3.8, 4) is 5.75 Å². The Balaban J connectivity index is 2.13. The first-order valence-electron chi connectivity index (χ1n) is 8.08. The van der Waals surface area contributed by atoms with Gasteiger partial charge in [0.15, 0.2) is 0 Å². The molecule has 0 spiro atoms. The molecule has 0 bridgehead atoms. The number of hydrogen-bond acceptors (Lipinski definition) is 2. The SMILES string of the molecule is CC(C)CCOc1cccc(C(=O)Nc2cc(C(F)(F)F)ccc2Cl)c1. The molecular formula is C19H19ClF3NO2. The van der Waals surface area contributed by atoms with Crippen LogP contribution in [0.5, 0.6) is 5.75 Å². The smallest absolute Gasteiger partial charge is 0.416 e. The second-order valence-electron chi connectivity index (χ2n) is 6.21. The summed E-state index contributed by atoms with van der Waals surface area (Å²) in [5, 5.41) is 2.44. The molecule has 0 radical (unpaired) electrons. The zero-order valence-corrected chi connectivity index (χ0v) is 15.1. The van der Waals surface area contributed by atoms with Crippen molar-refractivity contribution >= 4 is 23.2 Å². The maximum Gasteiger partial charge on any atom is 0.416 e. The molecule has 0 saturated carbocycles. The molecule has 3 nitrogen and oxygen atoms in total. The lowest BCUT2D eigenvalue weighted by atomic mass is 10.1. The number of rotatable bonds is 6. The van der Waals surface area contributed by atoms with Crippen LogP contribution in [0.2, 0.25) is 5.02 Å². The van der Waals surface area contributed by atoms with Crippen LogP contribution in [0.15, 0.2) is 42.5 Å². The van der Waals surface area contributed by atoms with E-state index in [9.17, 15) is 18.0 Å². The molecule has 26 heavy (non-hydrogen) atoms. The van der Waals surface area contributed by atoms with Crippen molar-refractivity contribution in [3.63, 3.8) is 0 Å². The summed E-state index contributed by atoms with van der Waals surface area (Å²) in [6, 6.07) is 9.22. The summed E-state index contributed by atoms with van der Waals surface area (Å²) in [7, 11) is 0. The van der Waals surface area contributed by atoms with Gasteiger partial charge >= 0.3 is 6.18 Å². The molecule has 7 heteroatoms. The lowest BCUT2D eigenvalue weighted by molar-refractivity contribution is -0.137. The van der Waals surface area contributed by atoms with Crippen LogP contribution in [0.1, 0.15) is 36.2 Å². The molecule has 0 aliphatic carbocycles. The highest BCUT2D eigenvalue weighted by atomic mass is 35.5. The normalized spacial score (nSPS) is 11.5. The Morgan fingerprint density at radius 3 is 2.58 bits per heavy atom. The number of carbonyl (C=O) groups excluding carboxylic acids is 1. The first-order chi connectivity index (χ1) is 12.2. The molecule has 1 amide bonds. The number of alkyl halides is 3. The van der Waals surface area contributed by atoms with Crippen LogP contribution in [0.25, 0.3) is 0 Å². The van der Waals surface area contributed by atoms with Gasteiger partial charge in [0.2, 0.25) is 0 Å². The van der Waals surface area contributed by atoms with Gasteiger partial charge in [0.25, 0.3) is 5.91 Å². The van der Waals surface area contributed by atoms with E-state index in [1.807, 2.05) is 0 Å². The summed E-state index contributed by atoms with van der Waals surface area (Å²) in [5.41, 5.74) is -0.721. The zero-order valence-electron chi connectivity index (χ0n) is 14.4. The Kier molecular flexibility index (Phi) is 6.53. The average molecular weight is 386 g/mol. The van der Waals surface area contributed by atoms with E-state index in [-0.39, 0.29) is 16.3 Å². The molecule has 2 aromatic carbocycles. The fraction of sp³-hybridized carbons (Fsp3) is 0.316. The standard InChI is InChI=1S/C19H19ClF3NO2/c1-12(2)8-9-26-15-5-3-4-13(10-15)18(25)24-17-11-14(19(21,22)23)6-7-16(17)20/h3-7,10-12H,8-9H2,1-2H3,(H,24,25). The van der Waals surface area contributed by atoms with Crippen molar-refractivity contribution in [2.24, 2.45) is 5.92 Å². The molecule has 0 aliphatic rings. The third-order valence-electron chi connectivity index (χ3n) is 3.60. The Hall–Kier alpha value is -2.21. The number of halogens is 4. The largest absolute Gasteiger partial charge is 0.494 e. The molecule has 0 aromatic heterocycles. The van der Waals surface area contributed by atoms with E-state index in [0.29, 0.717) is 18.3 Å². The summed E-state index contributed by atoms with van der Waals surface area (Å²) in [5.74, 6) is 0.443. The zero-order chi connectivity index (χ0) is 19.3. The van der Waals surface area contributed by atoms with Gasteiger partial charge in [-0.25, -0.2) is 0 Å². The van der Waals surface area contributed by atoms with Crippen LogP contribution >= 0.6 is 11.6 Å². The summed E-state index contributed by atoms with van der Waals surface area (Å²) < 4.78 is 44.0. The van der Waals surface area contributed by atoms with Crippen molar-refractivity contribution in [3.05, 3.63) is 58.6 Å². The van der Waals surface area contributed by atoms with Gasteiger partial charge in [-0.1, -0.05) is 31.5 Å². The molecule has 0 atom stereocenters. The predicted molar refractivity (Wildman–Crippen MR) is 95.8 cm³/mol. The number of anilines is 1. The van der Waals surface area contributed by atoms with Gasteiger partial charge < -0.3 is 10.1 Å². The minimum atomic E-state index is -4.52. The number of amides is 1. The summed E-state index contributed by atoms with van der Waals surface area (Å²) in [4.78, 5) is 12.4. The van der Waals surface area contributed by atoms with Crippen LogP contribution in [-0.4, -0.2) is 12.5 Å². The fourth-order valence-corrected chi connectivity index (χ4v) is 2.30. The van der Waals surface area contributed by atoms with E-state index < -0.39 is 17.6 Å². The van der Waals surface area contributed by atoms with Crippen molar-refractivity contribution in [2.75, 3.05) is 11.9 Å². The van der Waals surface area contributed by atoms with Crippen molar-refractivity contribution in [1.29, 1.82) is 0 Å². The highest BCUT2D eigenvalue weighted by Gasteiger charge is 2.31. The molecule has 0 saturated heterocycles. The van der Waals surface area contributed by atoms with Crippen LogP contribution in [0.4, 0.5) is 18.9 Å². The van der Waals surface area contributed by atoms with Crippen molar-refractivity contribution in [2.45, 2.75) is 26.4 Å². The molecular weight excluding hydrogens is 367 g/mol. The fourth-order valence-electron chi connectivity index (χ4n) is 2.13. The number of carbonyl (C=O) groups is 1. The quantitative estimate of drug-likeness (QED) is 0.658. The maximum absolute atomic E-state index is 12.8. The summed E-state index contributed by atoms with van der Waals surface area (Å²) in [6.45, 7) is 4.67. The van der Waals surface area contributed by atoms with Crippen LogP contribution in [0.3, 0.4) is 0 Å². The van der Waals surface area contributed by atoms with Crippen LogP contribution in [-0.2, 0) is 6.18 Å². The van der Waals surface area contributed by atoms with Crippen molar-refractivity contribution < 1.29 is 22.7 Å². The lowest BCUT2D eigenvalue weighted by Crippen LogP contribution is -2.14. The number of ether oxygens (including phenoxy) is 1. The third kappa shape index (κ3) is 5.66. The average Bonchev–Trinajstić information content (AvgIpc) is 2.55. The summed E-state index contributed by atoms with van der Waals surface area (Å²) in [6.07, 6.45) is -3.65. The van der Waals surface area contributed by atoms with Gasteiger partial charge in [-0.05, 0) is 48.7 Å². The highest BCUT2D eigenvalue weighted by Crippen LogP contribution is 2.34. The predicted octanol–water partition coefficient (Wildman–Crippen LogP) is 6.04. The van der Waals surface area contributed by atoms with E-state index in [1.165, 1.54) is 6.07 Å². The molecule has 140 valence electrons. The summed E-state index contributed by atoms with van der Waals surface area (Å²) >= 11 is 5.90. The molecule has 2 rings (SSSR count). The van der Waals surface area contributed by atoms with Gasteiger partial charge in [0, 0.05) is 5.56 Å². The monoisotopic (exact) mass is 385 g/mol. The number of hydrogen-bond donors (Lipinski definition) is 1. The van der Waals surface area contributed by atoms with E-state index in [0.717, 1.165) is 24.6 Å². The minimum absolute atomic E-state index is 0.0238. The first-order valence-corrected chi connectivity index (χ1v) is 8.45. The van der Waals surface area contributed by atoms with Crippen LogP contribution < -0.4 is 10.1 Å². The lowest BCUT2D eigenvalue weighted by Gasteiger charge is -2.12. The molecule has 2 aromatic rings. The minimum Gasteiger partial charge on any atom is -0.494 e. The second kappa shape index (κ2) is 8.45. The molecule has 0 fully saturated rings. The Morgan fingerprint density at radius 1 is 1.19 bits per heavy atom. The van der Waals surface area contributed by atoms with E-state index in [1.54, 1.807) is 18.2 Å². The number of nitrogens with one attached hydrogen (secondary N) is 1. The van der Waals surface area contributed by atoms with E-state index in [4.69, 9.17) is 16.3 Å². The second-order valence-corrected chi connectivity index (χ2v) is 6.61.